The number of nitrogens with one attached hydrogen (secondary N) is 1. The first-order chi connectivity index (χ1) is 12.3. The topological polar surface area (TPSA) is 37.6 Å². The Hall–Kier alpha value is -1.88. The molecule has 0 amide bonds. The fourth-order valence-electron chi connectivity index (χ4n) is 3.50. The van der Waals surface area contributed by atoms with Crippen LogP contribution in [0.25, 0.3) is 11.0 Å². The van der Waals surface area contributed by atoms with E-state index in [0.717, 1.165) is 34.7 Å². The SMILES string of the molecule is COc1ccc(CN2CCCC2)cc1NCc1cc2ccccc2o1.Cl.Cl. The first-order valence-corrected chi connectivity index (χ1v) is 8.92. The Morgan fingerprint density at radius 2 is 1.81 bits per heavy atom. The van der Waals surface area contributed by atoms with Gasteiger partial charge in [0.1, 0.15) is 17.1 Å². The molecule has 3 aromatic rings. The van der Waals surface area contributed by atoms with E-state index in [4.69, 9.17) is 9.15 Å². The van der Waals surface area contributed by atoms with E-state index in [-0.39, 0.29) is 24.8 Å². The van der Waals surface area contributed by atoms with Gasteiger partial charge in [-0.1, -0.05) is 24.3 Å². The van der Waals surface area contributed by atoms with E-state index in [0.29, 0.717) is 6.54 Å². The third kappa shape index (κ3) is 5.10. The largest absolute Gasteiger partial charge is 0.495 e. The number of hydrogen-bond donors (Lipinski definition) is 1. The summed E-state index contributed by atoms with van der Waals surface area (Å²) in [7, 11) is 1.71. The van der Waals surface area contributed by atoms with E-state index in [2.05, 4.69) is 34.5 Å². The van der Waals surface area contributed by atoms with E-state index < -0.39 is 0 Å². The monoisotopic (exact) mass is 408 g/mol. The van der Waals surface area contributed by atoms with Crippen molar-refractivity contribution in [1.82, 2.24) is 4.90 Å². The third-order valence-corrected chi connectivity index (χ3v) is 4.80. The van der Waals surface area contributed by atoms with Gasteiger partial charge < -0.3 is 14.5 Å². The predicted octanol–water partition coefficient (Wildman–Crippen LogP) is 5.49. The van der Waals surface area contributed by atoms with Crippen molar-refractivity contribution in [2.45, 2.75) is 25.9 Å². The number of rotatable bonds is 6. The number of nitrogens with zero attached hydrogens (tertiary/aromatic N) is 1. The lowest BCUT2D eigenvalue weighted by Crippen LogP contribution is -2.18. The Kier molecular flexibility index (Phi) is 7.84. The second-order valence-corrected chi connectivity index (χ2v) is 6.62. The van der Waals surface area contributed by atoms with E-state index in [1.54, 1.807) is 7.11 Å². The number of halogens is 2. The van der Waals surface area contributed by atoms with Crippen molar-refractivity contribution in [1.29, 1.82) is 0 Å². The average molecular weight is 409 g/mol. The van der Waals surface area contributed by atoms with E-state index >= 15 is 0 Å². The summed E-state index contributed by atoms with van der Waals surface area (Å²) < 4.78 is 11.4. The van der Waals surface area contributed by atoms with Crippen LogP contribution in [-0.2, 0) is 13.1 Å². The summed E-state index contributed by atoms with van der Waals surface area (Å²) in [5.41, 5.74) is 3.25. The second kappa shape index (κ2) is 9.88. The number of ether oxygens (including phenoxy) is 1. The summed E-state index contributed by atoms with van der Waals surface area (Å²) in [6.45, 7) is 4.04. The van der Waals surface area contributed by atoms with Crippen LogP contribution in [0.3, 0.4) is 0 Å². The zero-order valence-corrected chi connectivity index (χ0v) is 17.1. The van der Waals surface area contributed by atoms with Crippen molar-refractivity contribution in [2.24, 2.45) is 0 Å². The van der Waals surface area contributed by atoms with Gasteiger partial charge in [-0.15, -0.1) is 24.8 Å². The van der Waals surface area contributed by atoms with E-state index in [9.17, 15) is 0 Å². The Morgan fingerprint density at radius 1 is 1.04 bits per heavy atom. The highest BCUT2D eigenvalue weighted by atomic mass is 35.5. The van der Waals surface area contributed by atoms with E-state index in [1.807, 2.05) is 24.3 Å². The fraction of sp³-hybridized carbons (Fsp3) is 0.333. The Labute approximate surface area is 172 Å². The van der Waals surface area contributed by atoms with Crippen LogP contribution in [-0.4, -0.2) is 25.1 Å². The van der Waals surface area contributed by atoms with Crippen LogP contribution in [0.2, 0.25) is 0 Å². The molecule has 0 saturated carbocycles. The van der Waals surface area contributed by atoms with E-state index in [1.165, 1.54) is 31.5 Å². The van der Waals surface area contributed by atoms with Gasteiger partial charge in [0.25, 0.3) is 0 Å². The van der Waals surface area contributed by atoms with Gasteiger partial charge in [-0.05, 0) is 55.8 Å². The standard InChI is InChI=1S/C21H24N2O2.2ClH/c1-24-21-9-8-16(15-23-10-4-5-11-23)12-19(21)22-14-18-13-17-6-2-3-7-20(17)25-18;;/h2-3,6-9,12-13,22H,4-5,10-11,14-15H2,1H3;2*1H. The smallest absolute Gasteiger partial charge is 0.141 e. The van der Waals surface area contributed by atoms with Gasteiger partial charge in [0.05, 0.1) is 19.3 Å². The van der Waals surface area contributed by atoms with Crippen LogP contribution in [0.4, 0.5) is 5.69 Å². The van der Waals surface area contributed by atoms with Crippen LogP contribution < -0.4 is 10.1 Å². The van der Waals surface area contributed by atoms with Gasteiger partial charge in [-0.25, -0.2) is 0 Å². The fourth-order valence-corrected chi connectivity index (χ4v) is 3.50. The number of hydrogen-bond acceptors (Lipinski definition) is 4. The Morgan fingerprint density at radius 3 is 2.56 bits per heavy atom. The van der Waals surface area contributed by atoms with Crippen LogP contribution >= 0.6 is 24.8 Å². The van der Waals surface area contributed by atoms with Gasteiger partial charge in [-0.2, -0.15) is 0 Å². The highest BCUT2D eigenvalue weighted by Crippen LogP contribution is 2.28. The van der Waals surface area contributed by atoms with Crippen LogP contribution in [0, 0.1) is 0 Å². The molecule has 2 aromatic carbocycles. The molecule has 1 aliphatic rings. The number of benzene rings is 2. The third-order valence-electron chi connectivity index (χ3n) is 4.80. The minimum absolute atomic E-state index is 0. The lowest BCUT2D eigenvalue weighted by atomic mass is 10.1. The molecule has 1 aliphatic heterocycles. The lowest BCUT2D eigenvalue weighted by Gasteiger charge is -2.17. The minimum atomic E-state index is 0. The molecular weight excluding hydrogens is 383 g/mol. The van der Waals surface area contributed by atoms with Gasteiger partial charge in [0.2, 0.25) is 0 Å². The molecule has 4 rings (SSSR count). The number of anilines is 1. The molecule has 0 aliphatic carbocycles. The first-order valence-electron chi connectivity index (χ1n) is 8.92. The first kappa shape index (κ1) is 21.4. The number of methoxy groups -OCH3 is 1. The number of furan rings is 1. The summed E-state index contributed by atoms with van der Waals surface area (Å²) in [6, 6.07) is 16.6. The average Bonchev–Trinajstić information content (AvgIpc) is 3.29. The molecular formula is C21H26Cl2N2O2. The highest BCUT2D eigenvalue weighted by Gasteiger charge is 2.13. The van der Waals surface area contributed by atoms with Gasteiger partial charge in [0, 0.05) is 11.9 Å². The van der Waals surface area contributed by atoms with Gasteiger partial charge in [0.15, 0.2) is 0 Å². The zero-order chi connectivity index (χ0) is 17.1. The summed E-state index contributed by atoms with van der Waals surface area (Å²) in [6.07, 6.45) is 2.63. The minimum Gasteiger partial charge on any atom is -0.495 e. The number of likely N-dealkylation sites (tertiary alicyclic amines) is 1. The molecule has 1 N–H and O–H groups in total. The van der Waals surface area contributed by atoms with Crippen LogP contribution in [0.1, 0.15) is 24.2 Å². The second-order valence-electron chi connectivity index (χ2n) is 6.62. The lowest BCUT2D eigenvalue weighted by molar-refractivity contribution is 0.331. The van der Waals surface area contributed by atoms with Gasteiger partial charge >= 0.3 is 0 Å². The summed E-state index contributed by atoms with van der Waals surface area (Å²) in [4.78, 5) is 2.50. The molecule has 6 heteroatoms. The van der Waals surface area contributed by atoms with Crippen LogP contribution in [0.5, 0.6) is 5.75 Å². The summed E-state index contributed by atoms with van der Waals surface area (Å²) >= 11 is 0. The quantitative estimate of drug-likeness (QED) is 0.584. The number of para-hydroxylation sites is 1. The maximum absolute atomic E-state index is 5.89. The summed E-state index contributed by atoms with van der Waals surface area (Å²) in [5.74, 6) is 1.79. The summed E-state index contributed by atoms with van der Waals surface area (Å²) in [5, 5.41) is 4.60. The van der Waals surface area contributed by atoms with Crippen molar-refractivity contribution in [3.8, 4) is 5.75 Å². The van der Waals surface area contributed by atoms with Crippen molar-refractivity contribution in [3.05, 3.63) is 59.9 Å². The molecule has 146 valence electrons. The molecule has 27 heavy (non-hydrogen) atoms. The van der Waals surface area contributed by atoms with Gasteiger partial charge in [-0.3, -0.25) is 4.90 Å². The molecule has 2 heterocycles. The van der Waals surface area contributed by atoms with Crippen molar-refractivity contribution >= 4 is 41.5 Å². The predicted molar refractivity (Wildman–Crippen MR) is 116 cm³/mol. The molecule has 0 radical (unpaired) electrons. The molecule has 0 spiro atoms. The maximum atomic E-state index is 5.89. The molecule has 0 unspecified atom stereocenters. The Bertz CT molecular complexity index is 827. The van der Waals surface area contributed by atoms with Crippen molar-refractivity contribution < 1.29 is 9.15 Å². The van der Waals surface area contributed by atoms with Crippen molar-refractivity contribution in [3.63, 3.8) is 0 Å². The maximum Gasteiger partial charge on any atom is 0.141 e. The molecule has 0 atom stereocenters. The molecule has 1 saturated heterocycles. The molecule has 0 bridgehead atoms. The normalized spacial score (nSPS) is 13.8. The highest BCUT2D eigenvalue weighted by molar-refractivity contribution is 5.85. The number of fused-ring (bicyclic) bond motifs is 1. The Balaban J connectivity index is 0.00000131. The molecule has 1 aromatic heterocycles. The zero-order valence-electron chi connectivity index (χ0n) is 15.4. The van der Waals surface area contributed by atoms with Crippen molar-refractivity contribution in [2.75, 3.05) is 25.5 Å². The van der Waals surface area contributed by atoms with Crippen LogP contribution in [0.15, 0.2) is 52.9 Å². The molecule has 4 nitrogen and oxygen atoms in total. The molecule has 1 fully saturated rings.